The van der Waals surface area contributed by atoms with E-state index in [1.807, 2.05) is 18.7 Å². The zero-order valence-corrected chi connectivity index (χ0v) is 10.4. The minimum absolute atomic E-state index is 0.571. The van der Waals surface area contributed by atoms with Crippen LogP contribution < -0.4 is 10.6 Å². The standard InChI is InChI=1S/C11H21N5/c1-9-10(8-12)11(15(3)13-9)16-6-4-14(2)5-7-16/h4-8,12H2,1-3H3. The van der Waals surface area contributed by atoms with Crippen LogP contribution in [-0.2, 0) is 13.6 Å². The first kappa shape index (κ1) is 11.4. The van der Waals surface area contributed by atoms with E-state index in [1.165, 1.54) is 11.4 Å². The van der Waals surface area contributed by atoms with E-state index in [0.29, 0.717) is 6.54 Å². The van der Waals surface area contributed by atoms with E-state index < -0.39 is 0 Å². The van der Waals surface area contributed by atoms with Crippen molar-refractivity contribution >= 4 is 5.82 Å². The van der Waals surface area contributed by atoms with E-state index in [-0.39, 0.29) is 0 Å². The Morgan fingerprint density at radius 2 is 1.81 bits per heavy atom. The van der Waals surface area contributed by atoms with Crippen LogP contribution in [-0.4, -0.2) is 47.9 Å². The Balaban J connectivity index is 2.25. The van der Waals surface area contributed by atoms with E-state index in [4.69, 9.17) is 5.73 Å². The Morgan fingerprint density at radius 1 is 1.19 bits per heavy atom. The van der Waals surface area contributed by atoms with Crippen LogP contribution in [0, 0.1) is 6.92 Å². The Labute approximate surface area is 96.8 Å². The van der Waals surface area contributed by atoms with Crippen molar-refractivity contribution in [2.45, 2.75) is 13.5 Å². The molecule has 16 heavy (non-hydrogen) atoms. The quantitative estimate of drug-likeness (QED) is 0.763. The molecule has 0 bridgehead atoms. The molecule has 1 aromatic rings. The number of likely N-dealkylation sites (N-methyl/N-ethyl adjacent to an activating group) is 1. The van der Waals surface area contributed by atoms with E-state index in [9.17, 15) is 0 Å². The number of aromatic nitrogens is 2. The minimum Gasteiger partial charge on any atom is -0.354 e. The number of hydrogen-bond donors (Lipinski definition) is 1. The van der Waals surface area contributed by atoms with Gasteiger partial charge in [-0.25, -0.2) is 0 Å². The summed E-state index contributed by atoms with van der Waals surface area (Å²) >= 11 is 0. The van der Waals surface area contributed by atoms with Gasteiger partial charge in [-0.15, -0.1) is 0 Å². The molecule has 0 saturated carbocycles. The highest BCUT2D eigenvalue weighted by atomic mass is 15.4. The molecule has 2 N–H and O–H groups in total. The number of piperazine rings is 1. The fourth-order valence-corrected chi connectivity index (χ4v) is 2.34. The lowest BCUT2D eigenvalue weighted by Crippen LogP contribution is -2.45. The average Bonchev–Trinajstić information content (AvgIpc) is 2.54. The fourth-order valence-electron chi connectivity index (χ4n) is 2.34. The van der Waals surface area contributed by atoms with Crippen molar-refractivity contribution in [3.8, 4) is 0 Å². The Kier molecular flexibility index (Phi) is 3.16. The maximum atomic E-state index is 5.81. The summed E-state index contributed by atoms with van der Waals surface area (Å²) in [5.74, 6) is 1.20. The molecule has 1 saturated heterocycles. The van der Waals surface area contributed by atoms with Crippen LogP contribution in [0.4, 0.5) is 5.82 Å². The number of hydrogen-bond acceptors (Lipinski definition) is 4. The van der Waals surface area contributed by atoms with Gasteiger partial charge in [-0.1, -0.05) is 0 Å². The molecule has 0 radical (unpaired) electrons. The highest BCUT2D eigenvalue weighted by molar-refractivity contribution is 5.50. The molecule has 0 unspecified atom stereocenters. The fraction of sp³-hybridized carbons (Fsp3) is 0.727. The molecule has 2 rings (SSSR count). The third kappa shape index (κ3) is 1.92. The van der Waals surface area contributed by atoms with Gasteiger partial charge in [0, 0.05) is 45.3 Å². The first-order valence-corrected chi connectivity index (χ1v) is 5.79. The second-order valence-electron chi connectivity index (χ2n) is 4.51. The number of nitrogens with zero attached hydrogens (tertiary/aromatic N) is 4. The summed E-state index contributed by atoms with van der Waals surface area (Å²) in [4.78, 5) is 4.74. The Morgan fingerprint density at radius 3 is 2.38 bits per heavy atom. The van der Waals surface area contributed by atoms with Gasteiger partial charge in [0.2, 0.25) is 0 Å². The van der Waals surface area contributed by atoms with E-state index in [0.717, 1.165) is 31.9 Å². The maximum Gasteiger partial charge on any atom is 0.131 e. The second kappa shape index (κ2) is 4.43. The number of anilines is 1. The first-order chi connectivity index (χ1) is 7.63. The lowest BCUT2D eigenvalue weighted by Gasteiger charge is -2.34. The predicted octanol–water partition coefficient (Wildman–Crippen LogP) is -0.0610. The Bertz CT molecular complexity index is 363. The van der Waals surface area contributed by atoms with Gasteiger partial charge in [0.25, 0.3) is 0 Å². The molecule has 0 aliphatic carbocycles. The smallest absolute Gasteiger partial charge is 0.131 e. The molecule has 5 nitrogen and oxygen atoms in total. The normalized spacial score (nSPS) is 18.1. The molecule has 0 amide bonds. The molecule has 0 atom stereocenters. The van der Waals surface area contributed by atoms with Gasteiger partial charge in [-0.3, -0.25) is 4.68 Å². The van der Waals surface area contributed by atoms with Crippen molar-refractivity contribution < 1.29 is 0 Å². The Hall–Kier alpha value is -1.07. The third-order valence-corrected chi connectivity index (χ3v) is 3.32. The largest absolute Gasteiger partial charge is 0.354 e. The zero-order valence-electron chi connectivity index (χ0n) is 10.4. The van der Waals surface area contributed by atoms with Crippen LogP contribution in [0.1, 0.15) is 11.3 Å². The lowest BCUT2D eigenvalue weighted by atomic mass is 10.2. The van der Waals surface area contributed by atoms with Crippen LogP contribution in [0.3, 0.4) is 0 Å². The second-order valence-corrected chi connectivity index (χ2v) is 4.51. The third-order valence-electron chi connectivity index (χ3n) is 3.32. The van der Waals surface area contributed by atoms with Gasteiger partial charge in [0.05, 0.1) is 5.69 Å². The number of aryl methyl sites for hydroxylation is 2. The van der Waals surface area contributed by atoms with Gasteiger partial charge in [-0.05, 0) is 14.0 Å². The molecule has 0 aromatic carbocycles. The van der Waals surface area contributed by atoms with Crippen molar-refractivity contribution in [1.29, 1.82) is 0 Å². The summed E-state index contributed by atoms with van der Waals surface area (Å²) in [7, 11) is 4.16. The van der Waals surface area contributed by atoms with Crippen molar-refractivity contribution in [3.63, 3.8) is 0 Å². The van der Waals surface area contributed by atoms with Gasteiger partial charge in [0.15, 0.2) is 0 Å². The molecule has 0 spiro atoms. The van der Waals surface area contributed by atoms with E-state index >= 15 is 0 Å². The lowest BCUT2D eigenvalue weighted by molar-refractivity contribution is 0.310. The van der Waals surface area contributed by atoms with Gasteiger partial charge in [0.1, 0.15) is 5.82 Å². The predicted molar refractivity (Wildman–Crippen MR) is 65.5 cm³/mol. The molecular weight excluding hydrogens is 202 g/mol. The molecule has 1 aliphatic rings. The summed E-state index contributed by atoms with van der Waals surface area (Å²) in [5, 5.41) is 4.46. The van der Waals surface area contributed by atoms with Crippen LogP contribution in [0.2, 0.25) is 0 Å². The topological polar surface area (TPSA) is 50.3 Å². The molecule has 5 heteroatoms. The highest BCUT2D eigenvalue weighted by Gasteiger charge is 2.21. The van der Waals surface area contributed by atoms with Crippen LogP contribution >= 0.6 is 0 Å². The van der Waals surface area contributed by atoms with Crippen molar-refractivity contribution in [1.82, 2.24) is 14.7 Å². The summed E-state index contributed by atoms with van der Waals surface area (Å²) in [6, 6.07) is 0. The molecule has 90 valence electrons. The summed E-state index contributed by atoms with van der Waals surface area (Å²) in [6.45, 7) is 6.93. The van der Waals surface area contributed by atoms with Crippen molar-refractivity contribution in [2.24, 2.45) is 12.8 Å². The van der Waals surface area contributed by atoms with Gasteiger partial charge >= 0.3 is 0 Å². The number of nitrogens with two attached hydrogens (primary N) is 1. The molecular formula is C11H21N5. The zero-order chi connectivity index (χ0) is 11.7. The average molecular weight is 223 g/mol. The van der Waals surface area contributed by atoms with Crippen LogP contribution in [0.5, 0.6) is 0 Å². The summed E-state index contributed by atoms with van der Waals surface area (Å²) in [6.07, 6.45) is 0. The SMILES string of the molecule is Cc1nn(C)c(N2CCN(C)CC2)c1CN. The highest BCUT2D eigenvalue weighted by Crippen LogP contribution is 2.23. The summed E-state index contributed by atoms with van der Waals surface area (Å²) in [5.41, 5.74) is 8.05. The minimum atomic E-state index is 0.571. The molecule has 1 aliphatic heterocycles. The van der Waals surface area contributed by atoms with E-state index in [2.05, 4.69) is 21.9 Å². The number of rotatable bonds is 2. The van der Waals surface area contributed by atoms with Gasteiger partial charge in [-0.2, -0.15) is 5.10 Å². The van der Waals surface area contributed by atoms with Crippen molar-refractivity contribution in [3.05, 3.63) is 11.3 Å². The van der Waals surface area contributed by atoms with Gasteiger partial charge < -0.3 is 15.5 Å². The van der Waals surface area contributed by atoms with Crippen LogP contribution in [0.15, 0.2) is 0 Å². The van der Waals surface area contributed by atoms with E-state index in [1.54, 1.807) is 0 Å². The summed E-state index contributed by atoms with van der Waals surface area (Å²) < 4.78 is 1.96. The molecule has 2 heterocycles. The monoisotopic (exact) mass is 223 g/mol. The maximum absolute atomic E-state index is 5.81. The molecule has 1 aromatic heterocycles. The first-order valence-electron chi connectivity index (χ1n) is 5.79. The van der Waals surface area contributed by atoms with Crippen molar-refractivity contribution in [2.75, 3.05) is 38.1 Å². The molecule has 1 fully saturated rings. The van der Waals surface area contributed by atoms with Crippen LogP contribution in [0.25, 0.3) is 0 Å².